The second kappa shape index (κ2) is 6.35. The van der Waals surface area contributed by atoms with Crippen molar-refractivity contribution < 1.29 is 14.4 Å². The molecule has 20 heavy (non-hydrogen) atoms. The summed E-state index contributed by atoms with van der Waals surface area (Å²) >= 11 is 0. The van der Waals surface area contributed by atoms with E-state index in [1.54, 1.807) is 0 Å². The molecule has 0 aromatic carbocycles. The van der Waals surface area contributed by atoms with Crippen molar-refractivity contribution in [1.82, 2.24) is 15.5 Å². The lowest BCUT2D eigenvalue weighted by Gasteiger charge is -2.14. The van der Waals surface area contributed by atoms with Crippen LogP contribution in [0, 0.1) is 5.92 Å². The zero-order valence-electron chi connectivity index (χ0n) is 12.1. The van der Waals surface area contributed by atoms with E-state index in [1.165, 1.54) is 4.90 Å². The van der Waals surface area contributed by atoms with Crippen molar-refractivity contribution in [3.63, 3.8) is 0 Å². The fraction of sp³-hybridized carbons (Fsp3) is 0.786. The van der Waals surface area contributed by atoms with E-state index < -0.39 is 6.04 Å². The molecule has 0 bridgehead atoms. The lowest BCUT2D eigenvalue weighted by molar-refractivity contribution is -0.139. The fourth-order valence-corrected chi connectivity index (χ4v) is 2.29. The molecule has 2 rings (SSSR count). The molecular formula is C14H23N3O3. The summed E-state index contributed by atoms with van der Waals surface area (Å²) in [5.74, 6) is 0.189. The van der Waals surface area contributed by atoms with Gasteiger partial charge in [-0.15, -0.1) is 0 Å². The zero-order valence-corrected chi connectivity index (χ0v) is 12.1. The first-order valence-electron chi connectivity index (χ1n) is 7.35. The highest BCUT2D eigenvalue weighted by atomic mass is 16.2. The Hall–Kier alpha value is -1.43. The number of likely N-dealkylation sites (tertiary alicyclic amines) is 1. The third-order valence-electron chi connectivity index (χ3n) is 3.55. The molecule has 2 fully saturated rings. The van der Waals surface area contributed by atoms with Crippen LogP contribution in [0.25, 0.3) is 0 Å². The molecule has 1 aliphatic carbocycles. The number of carbonyl (C=O) groups is 3. The molecule has 6 heteroatoms. The zero-order chi connectivity index (χ0) is 14.7. The smallest absolute Gasteiger partial charge is 0.247 e. The van der Waals surface area contributed by atoms with Gasteiger partial charge in [0, 0.05) is 25.6 Å². The number of nitrogens with zero attached hydrogens (tertiary/aromatic N) is 1. The number of hydrogen-bond acceptors (Lipinski definition) is 4. The number of imide groups is 1. The van der Waals surface area contributed by atoms with E-state index >= 15 is 0 Å². The van der Waals surface area contributed by atoms with Crippen LogP contribution in [-0.4, -0.2) is 47.8 Å². The van der Waals surface area contributed by atoms with Crippen LogP contribution in [0.2, 0.25) is 0 Å². The molecule has 0 aromatic rings. The van der Waals surface area contributed by atoms with Gasteiger partial charge >= 0.3 is 0 Å². The largest absolute Gasteiger partial charge is 0.356 e. The van der Waals surface area contributed by atoms with Crippen molar-refractivity contribution in [2.45, 2.75) is 51.6 Å². The summed E-state index contributed by atoms with van der Waals surface area (Å²) in [7, 11) is 0. The first kappa shape index (κ1) is 15.0. The molecule has 1 aliphatic heterocycles. The molecule has 2 aliphatic rings. The standard InChI is InChI=1S/C14H23N3O3/c1-9(2)8-16-12(18)5-6-15-11-7-13(19)17(14(11)20)10-3-4-10/h9-11,15H,3-8H2,1-2H3,(H,16,18). The van der Waals surface area contributed by atoms with Gasteiger partial charge in [-0.3, -0.25) is 19.3 Å². The van der Waals surface area contributed by atoms with Gasteiger partial charge in [-0.05, 0) is 18.8 Å². The van der Waals surface area contributed by atoms with E-state index in [-0.39, 0.29) is 30.2 Å². The molecule has 3 amide bonds. The third kappa shape index (κ3) is 3.79. The summed E-state index contributed by atoms with van der Waals surface area (Å²) in [6, 6.07) is -0.308. The van der Waals surface area contributed by atoms with E-state index in [4.69, 9.17) is 0 Å². The Labute approximate surface area is 119 Å². The normalized spacial score (nSPS) is 22.8. The van der Waals surface area contributed by atoms with Gasteiger partial charge in [0.25, 0.3) is 0 Å². The highest BCUT2D eigenvalue weighted by molar-refractivity contribution is 6.06. The Morgan fingerprint density at radius 1 is 1.35 bits per heavy atom. The van der Waals surface area contributed by atoms with Gasteiger partial charge in [0.15, 0.2) is 0 Å². The van der Waals surface area contributed by atoms with Crippen LogP contribution in [0.1, 0.15) is 39.5 Å². The predicted octanol–water partition coefficient (Wildman–Crippen LogP) is 0.0282. The Morgan fingerprint density at radius 2 is 2.05 bits per heavy atom. The van der Waals surface area contributed by atoms with Crippen molar-refractivity contribution >= 4 is 17.7 Å². The average Bonchev–Trinajstić information content (AvgIpc) is 3.15. The van der Waals surface area contributed by atoms with E-state index in [9.17, 15) is 14.4 Å². The van der Waals surface area contributed by atoms with Gasteiger partial charge in [0.1, 0.15) is 0 Å². The fourth-order valence-electron chi connectivity index (χ4n) is 2.29. The van der Waals surface area contributed by atoms with E-state index in [0.717, 1.165) is 12.8 Å². The Bertz CT molecular complexity index is 404. The SMILES string of the molecule is CC(C)CNC(=O)CCNC1CC(=O)N(C2CC2)C1=O. The Morgan fingerprint density at radius 3 is 2.65 bits per heavy atom. The van der Waals surface area contributed by atoms with Crippen LogP contribution in [-0.2, 0) is 14.4 Å². The summed E-state index contributed by atoms with van der Waals surface area (Å²) in [5, 5.41) is 5.84. The van der Waals surface area contributed by atoms with Gasteiger partial charge < -0.3 is 10.6 Å². The van der Waals surface area contributed by atoms with Gasteiger partial charge in [0.2, 0.25) is 17.7 Å². The minimum atomic E-state index is -0.444. The lowest BCUT2D eigenvalue weighted by atomic mass is 10.2. The molecule has 1 atom stereocenters. The molecular weight excluding hydrogens is 258 g/mol. The van der Waals surface area contributed by atoms with Crippen molar-refractivity contribution in [3.8, 4) is 0 Å². The van der Waals surface area contributed by atoms with Crippen molar-refractivity contribution in [2.24, 2.45) is 5.92 Å². The van der Waals surface area contributed by atoms with E-state index in [1.807, 2.05) is 13.8 Å². The van der Waals surface area contributed by atoms with Crippen LogP contribution in [0.3, 0.4) is 0 Å². The maximum absolute atomic E-state index is 12.0. The summed E-state index contributed by atoms with van der Waals surface area (Å²) in [5.41, 5.74) is 0. The number of amides is 3. The highest BCUT2D eigenvalue weighted by Gasteiger charge is 2.45. The minimum Gasteiger partial charge on any atom is -0.356 e. The van der Waals surface area contributed by atoms with Crippen molar-refractivity contribution in [3.05, 3.63) is 0 Å². The molecule has 0 radical (unpaired) electrons. The molecule has 1 unspecified atom stereocenters. The Balaban J connectivity index is 1.68. The van der Waals surface area contributed by atoms with Crippen LogP contribution in [0.15, 0.2) is 0 Å². The van der Waals surface area contributed by atoms with E-state index in [0.29, 0.717) is 25.4 Å². The van der Waals surface area contributed by atoms with Crippen LogP contribution in [0.4, 0.5) is 0 Å². The number of rotatable bonds is 7. The maximum atomic E-state index is 12.0. The van der Waals surface area contributed by atoms with E-state index in [2.05, 4.69) is 10.6 Å². The van der Waals surface area contributed by atoms with Crippen LogP contribution >= 0.6 is 0 Å². The molecule has 0 spiro atoms. The summed E-state index contributed by atoms with van der Waals surface area (Å²) in [6.07, 6.45) is 2.42. The summed E-state index contributed by atoms with van der Waals surface area (Å²) in [6.45, 7) is 5.16. The second-order valence-corrected chi connectivity index (χ2v) is 5.99. The topological polar surface area (TPSA) is 78.5 Å². The van der Waals surface area contributed by atoms with Gasteiger partial charge in [-0.1, -0.05) is 13.8 Å². The first-order chi connectivity index (χ1) is 9.49. The Kier molecular flexibility index (Phi) is 4.75. The number of hydrogen-bond donors (Lipinski definition) is 2. The number of carbonyl (C=O) groups excluding carboxylic acids is 3. The lowest BCUT2D eigenvalue weighted by Crippen LogP contribution is -2.41. The van der Waals surface area contributed by atoms with Crippen LogP contribution < -0.4 is 10.6 Å². The molecule has 1 heterocycles. The molecule has 1 saturated carbocycles. The summed E-state index contributed by atoms with van der Waals surface area (Å²) < 4.78 is 0. The molecule has 1 saturated heterocycles. The van der Waals surface area contributed by atoms with Crippen molar-refractivity contribution in [1.29, 1.82) is 0 Å². The van der Waals surface area contributed by atoms with Crippen molar-refractivity contribution in [2.75, 3.05) is 13.1 Å². The van der Waals surface area contributed by atoms with Crippen LogP contribution in [0.5, 0.6) is 0 Å². The van der Waals surface area contributed by atoms with Gasteiger partial charge in [-0.25, -0.2) is 0 Å². The maximum Gasteiger partial charge on any atom is 0.247 e. The molecule has 6 nitrogen and oxygen atoms in total. The molecule has 112 valence electrons. The second-order valence-electron chi connectivity index (χ2n) is 5.99. The number of nitrogens with one attached hydrogen (secondary N) is 2. The minimum absolute atomic E-state index is 0.0259. The van der Waals surface area contributed by atoms with Gasteiger partial charge in [0.05, 0.1) is 12.5 Å². The third-order valence-corrected chi connectivity index (χ3v) is 3.55. The summed E-state index contributed by atoms with van der Waals surface area (Å²) in [4.78, 5) is 36.7. The quantitative estimate of drug-likeness (QED) is 0.645. The average molecular weight is 281 g/mol. The molecule has 0 aromatic heterocycles. The monoisotopic (exact) mass is 281 g/mol. The highest BCUT2D eigenvalue weighted by Crippen LogP contribution is 2.31. The van der Waals surface area contributed by atoms with Gasteiger partial charge in [-0.2, -0.15) is 0 Å². The predicted molar refractivity (Wildman–Crippen MR) is 73.7 cm³/mol. The molecule has 2 N–H and O–H groups in total. The first-order valence-corrected chi connectivity index (χ1v) is 7.35.